The molecule has 122 valence electrons. The number of allylic oxidation sites excluding steroid dienone is 8. The minimum atomic E-state index is -0.422. The number of carbonyl (C=O) groups is 1. The van der Waals surface area contributed by atoms with Gasteiger partial charge in [-0.3, -0.25) is 4.79 Å². The van der Waals surface area contributed by atoms with Crippen LogP contribution in [-0.4, -0.2) is 5.91 Å². The molecule has 0 aliphatic carbocycles. The summed E-state index contributed by atoms with van der Waals surface area (Å²) in [5.74, 6) is -0.0600. The quantitative estimate of drug-likeness (QED) is 0.378. The van der Waals surface area contributed by atoms with Crippen LogP contribution in [-0.2, 0) is 4.79 Å². The van der Waals surface area contributed by atoms with Crippen LogP contribution in [0.4, 0.5) is 0 Å². The summed E-state index contributed by atoms with van der Waals surface area (Å²) < 4.78 is 0. The second-order valence-electron chi connectivity index (χ2n) is 6.59. The molecule has 0 aromatic heterocycles. The van der Waals surface area contributed by atoms with E-state index in [9.17, 15) is 4.79 Å². The van der Waals surface area contributed by atoms with E-state index in [2.05, 4.69) is 53.3 Å². The Kier molecular flexibility index (Phi) is 8.47. The molecule has 0 radical (unpaired) electrons. The maximum atomic E-state index is 10.7. The minimum Gasteiger partial charge on any atom is -0.366 e. The van der Waals surface area contributed by atoms with Crippen molar-refractivity contribution in [3.63, 3.8) is 0 Å². The fraction of sp³-hybridized carbons (Fsp3) is 0.450. The molecule has 0 aromatic carbocycles. The Morgan fingerprint density at radius 1 is 1.18 bits per heavy atom. The Labute approximate surface area is 136 Å². The van der Waals surface area contributed by atoms with E-state index in [1.54, 1.807) is 0 Å². The van der Waals surface area contributed by atoms with Gasteiger partial charge in [-0.25, -0.2) is 0 Å². The van der Waals surface area contributed by atoms with Crippen molar-refractivity contribution >= 4 is 5.91 Å². The Bertz CT molecular complexity index is 516. The van der Waals surface area contributed by atoms with Gasteiger partial charge >= 0.3 is 0 Å². The van der Waals surface area contributed by atoms with Gasteiger partial charge in [0.05, 0.1) is 0 Å². The van der Waals surface area contributed by atoms with Crippen molar-refractivity contribution in [2.75, 3.05) is 0 Å². The lowest BCUT2D eigenvalue weighted by Crippen LogP contribution is -2.22. The van der Waals surface area contributed by atoms with Gasteiger partial charge < -0.3 is 5.73 Å². The average molecular weight is 301 g/mol. The van der Waals surface area contributed by atoms with Crippen molar-refractivity contribution < 1.29 is 4.79 Å². The van der Waals surface area contributed by atoms with Crippen LogP contribution in [0.5, 0.6) is 0 Å². The van der Waals surface area contributed by atoms with Crippen LogP contribution < -0.4 is 5.73 Å². The molecule has 0 aromatic rings. The molecule has 0 aliphatic rings. The van der Waals surface area contributed by atoms with Crippen molar-refractivity contribution in [3.05, 3.63) is 59.8 Å². The average Bonchev–Trinajstić information content (AvgIpc) is 2.37. The molecular formula is C20H31NO. The van der Waals surface area contributed by atoms with Crippen LogP contribution in [0.1, 0.15) is 48.0 Å². The molecule has 0 bridgehead atoms. The fourth-order valence-corrected chi connectivity index (χ4v) is 2.24. The first-order chi connectivity index (χ1) is 10.1. The van der Waals surface area contributed by atoms with Crippen molar-refractivity contribution in [2.45, 2.75) is 48.0 Å². The summed E-state index contributed by atoms with van der Waals surface area (Å²) in [6.07, 6.45) is 12.7. The molecule has 1 unspecified atom stereocenters. The van der Waals surface area contributed by atoms with Gasteiger partial charge in [0.2, 0.25) is 5.91 Å². The number of carbonyl (C=O) groups excluding carboxylic acids is 1. The molecule has 22 heavy (non-hydrogen) atoms. The number of hydrogen-bond acceptors (Lipinski definition) is 1. The predicted molar refractivity (Wildman–Crippen MR) is 97.4 cm³/mol. The monoisotopic (exact) mass is 301 g/mol. The molecule has 0 saturated carbocycles. The third kappa shape index (κ3) is 7.82. The number of rotatable bonds is 8. The van der Waals surface area contributed by atoms with Gasteiger partial charge in [0.25, 0.3) is 0 Å². The van der Waals surface area contributed by atoms with Crippen LogP contribution in [0.15, 0.2) is 59.8 Å². The maximum absolute atomic E-state index is 10.7. The van der Waals surface area contributed by atoms with Crippen molar-refractivity contribution in [3.8, 4) is 0 Å². The van der Waals surface area contributed by atoms with Crippen molar-refractivity contribution in [1.82, 2.24) is 0 Å². The van der Waals surface area contributed by atoms with E-state index in [-0.39, 0.29) is 5.41 Å². The summed E-state index contributed by atoms with van der Waals surface area (Å²) >= 11 is 0. The minimum absolute atomic E-state index is 0.208. The van der Waals surface area contributed by atoms with E-state index >= 15 is 0 Å². The standard InChI is InChI=1S/C20H31NO/c1-8-20(6,7)18(15(2)3)13-12-16(4)10-9-11-17(5)14-19(21)22/h9-14,18H,2,8H2,1,3-7H3,(H2,21,22). The lowest BCUT2D eigenvalue weighted by atomic mass is 9.73. The van der Waals surface area contributed by atoms with Crippen LogP contribution in [0.2, 0.25) is 0 Å². The zero-order chi connectivity index (χ0) is 17.3. The van der Waals surface area contributed by atoms with E-state index in [1.807, 2.05) is 25.2 Å². The van der Waals surface area contributed by atoms with E-state index in [0.717, 1.165) is 17.6 Å². The van der Waals surface area contributed by atoms with Gasteiger partial charge in [-0.2, -0.15) is 0 Å². The molecular weight excluding hydrogens is 270 g/mol. The molecule has 0 spiro atoms. The summed E-state index contributed by atoms with van der Waals surface area (Å²) in [7, 11) is 0. The summed E-state index contributed by atoms with van der Waals surface area (Å²) in [5.41, 5.74) is 8.49. The van der Waals surface area contributed by atoms with Gasteiger partial charge in [-0.1, -0.05) is 75.3 Å². The van der Waals surface area contributed by atoms with Crippen LogP contribution >= 0.6 is 0 Å². The first kappa shape index (κ1) is 20.2. The molecule has 0 rings (SSSR count). The van der Waals surface area contributed by atoms with E-state index in [4.69, 9.17) is 5.73 Å². The number of primary amides is 1. The van der Waals surface area contributed by atoms with Gasteiger partial charge in [-0.15, -0.1) is 0 Å². The highest BCUT2D eigenvalue weighted by Gasteiger charge is 2.25. The Hall–Kier alpha value is -1.83. The first-order valence-electron chi connectivity index (χ1n) is 7.76. The smallest absolute Gasteiger partial charge is 0.241 e. The lowest BCUT2D eigenvalue weighted by molar-refractivity contribution is -0.113. The molecule has 1 atom stereocenters. The second kappa shape index (κ2) is 9.24. The molecule has 0 aliphatic heterocycles. The number of hydrogen-bond donors (Lipinski definition) is 1. The summed E-state index contributed by atoms with van der Waals surface area (Å²) in [6.45, 7) is 16.9. The topological polar surface area (TPSA) is 43.1 Å². The molecule has 0 heterocycles. The third-order valence-corrected chi connectivity index (χ3v) is 3.92. The summed E-state index contributed by atoms with van der Waals surface area (Å²) in [4.78, 5) is 10.7. The first-order valence-corrected chi connectivity index (χ1v) is 7.76. The van der Waals surface area contributed by atoms with Crippen LogP contribution in [0, 0.1) is 11.3 Å². The molecule has 2 nitrogen and oxygen atoms in total. The SMILES string of the molecule is C=C(C)C(C=CC(C)=CC=CC(C)=CC(N)=O)C(C)(C)CC. The normalized spacial score (nSPS) is 15.5. The fourth-order valence-electron chi connectivity index (χ4n) is 2.24. The second-order valence-corrected chi connectivity index (χ2v) is 6.59. The Balaban J connectivity index is 4.98. The van der Waals surface area contributed by atoms with E-state index in [1.165, 1.54) is 11.6 Å². The van der Waals surface area contributed by atoms with Crippen molar-refractivity contribution in [1.29, 1.82) is 0 Å². The summed E-state index contributed by atoms with van der Waals surface area (Å²) in [6, 6.07) is 0. The third-order valence-electron chi connectivity index (χ3n) is 3.92. The van der Waals surface area contributed by atoms with E-state index in [0.29, 0.717) is 5.92 Å². The van der Waals surface area contributed by atoms with Gasteiger partial charge in [0, 0.05) is 12.0 Å². The zero-order valence-electron chi connectivity index (χ0n) is 14.9. The molecule has 0 fully saturated rings. The molecule has 2 heteroatoms. The zero-order valence-corrected chi connectivity index (χ0v) is 14.9. The molecule has 2 N–H and O–H groups in total. The van der Waals surface area contributed by atoms with Crippen LogP contribution in [0.25, 0.3) is 0 Å². The maximum Gasteiger partial charge on any atom is 0.241 e. The number of nitrogens with two attached hydrogens (primary N) is 1. The van der Waals surface area contributed by atoms with Gasteiger partial charge in [0.1, 0.15) is 0 Å². The number of amides is 1. The predicted octanol–water partition coefficient (Wildman–Crippen LogP) is 5.11. The lowest BCUT2D eigenvalue weighted by Gasteiger charge is -2.32. The molecule has 0 saturated heterocycles. The Morgan fingerprint density at radius 2 is 1.77 bits per heavy atom. The highest BCUT2D eigenvalue weighted by Crippen LogP contribution is 2.36. The molecule has 1 amide bonds. The summed E-state index contributed by atoms with van der Waals surface area (Å²) in [5, 5.41) is 0. The van der Waals surface area contributed by atoms with Crippen LogP contribution in [0.3, 0.4) is 0 Å². The highest BCUT2D eigenvalue weighted by molar-refractivity contribution is 5.86. The Morgan fingerprint density at radius 3 is 2.23 bits per heavy atom. The largest absolute Gasteiger partial charge is 0.366 e. The van der Waals surface area contributed by atoms with E-state index < -0.39 is 5.91 Å². The van der Waals surface area contributed by atoms with Gasteiger partial charge in [-0.05, 0) is 31.8 Å². The van der Waals surface area contributed by atoms with Gasteiger partial charge in [0.15, 0.2) is 0 Å². The van der Waals surface area contributed by atoms with Crippen molar-refractivity contribution in [2.24, 2.45) is 17.1 Å². The highest BCUT2D eigenvalue weighted by atomic mass is 16.1.